The van der Waals surface area contributed by atoms with Gasteiger partial charge in [-0.05, 0) is 36.3 Å². The Morgan fingerprint density at radius 1 is 1.33 bits per heavy atom. The molecular weight excluding hydrogens is 286 g/mol. The Morgan fingerprint density at radius 2 is 2.14 bits per heavy atom. The van der Waals surface area contributed by atoms with E-state index in [1.165, 1.54) is 29.9 Å². The van der Waals surface area contributed by atoms with Crippen LogP contribution in [-0.2, 0) is 0 Å². The fourth-order valence-electron chi connectivity index (χ4n) is 2.87. The van der Waals surface area contributed by atoms with Crippen molar-refractivity contribution < 1.29 is 4.79 Å². The van der Waals surface area contributed by atoms with Gasteiger partial charge in [-0.1, -0.05) is 18.9 Å². The van der Waals surface area contributed by atoms with Gasteiger partial charge in [-0.2, -0.15) is 5.10 Å². The van der Waals surface area contributed by atoms with Crippen molar-refractivity contribution >= 4 is 17.2 Å². The predicted octanol–water partition coefficient (Wildman–Crippen LogP) is 2.49. The smallest absolute Gasteiger partial charge is 0.272 e. The van der Waals surface area contributed by atoms with Crippen LogP contribution in [0.25, 0.3) is 0 Å². The molecule has 0 aliphatic heterocycles. The Hall–Kier alpha value is -1.95. The van der Waals surface area contributed by atoms with Gasteiger partial charge in [-0.25, -0.2) is 5.10 Å². The molecule has 0 radical (unpaired) electrons. The van der Waals surface area contributed by atoms with Crippen molar-refractivity contribution in [3.05, 3.63) is 50.6 Å². The van der Waals surface area contributed by atoms with Gasteiger partial charge in [0, 0.05) is 10.9 Å². The Morgan fingerprint density at radius 3 is 2.76 bits per heavy atom. The van der Waals surface area contributed by atoms with E-state index in [1.54, 1.807) is 11.3 Å². The van der Waals surface area contributed by atoms with Gasteiger partial charge in [0.25, 0.3) is 11.5 Å². The molecule has 0 spiro atoms. The molecule has 5 nitrogen and oxygen atoms in total. The van der Waals surface area contributed by atoms with Crippen molar-refractivity contribution in [2.75, 3.05) is 0 Å². The molecule has 0 aromatic carbocycles. The minimum atomic E-state index is -0.308. The van der Waals surface area contributed by atoms with Gasteiger partial charge in [0.05, 0.1) is 6.04 Å². The highest BCUT2D eigenvalue weighted by atomic mass is 32.1. The molecule has 1 unspecified atom stereocenters. The predicted molar refractivity (Wildman–Crippen MR) is 81.3 cm³/mol. The van der Waals surface area contributed by atoms with Gasteiger partial charge in [0.2, 0.25) is 0 Å². The van der Waals surface area contributed by atoms with Crippen LogP contribution in [0.1, 0.15) is 47.1 Å². The van der Waals surface area contributed by atoms with Crippen LogP contribution in [0.15, 0.2) is 34.4 Å². The van der Waals surface area contributed by atoms with E-state index in [4.69, 9.17) is 0 Å². The maximum Gasteiger partial charge on any atom is 0.272 e. The number of hydrogen-bond donors (Lipinski definition) is 2. The van der Waals surface area contributed by atoms with E-state index in [-0.39, 0.29) is 23.2 Å². The summed E-state index contributed by atoms with van der Waals surface area (Å²) in [6.45, 7) is 0. The molecule has 0 bridgehead atoms. The molecule has 2 N–H and O–H groups in total. The summed E-state index contributed by atoms with van der Waals surface area (Å²) in [6, 6.07) is 6.88. The second-order valence-electron chi connectivity index (χ2n) is 5.32. The lowest BCUT2D eigenvalue weighted by molar-refractivity contribution is 0.0916. The molecule has 2 heterocycles. The zero-order valence-corrected chi connectivity index (χ0v) is 12.4. The Bertz CT molecular complexity index is 639. The largest absolute Gasteiger partial charge is 0.343 e. The van der Waals surface area contributed by atoms with Crippen molar-refractivity contribution in [2.45, 2.75) is 31.7 Å². The normalized spacial score (nSPS) is 16.8. The van der Waals surface area contributed by atoms with Crippen LogP contribution in [0.4, 0.5) is 0 Å². The Kier molecular flexibility index (Phi) is 4.15. The van der Waals surface area contributed by atoms with Crippen LogP contribution >= 0.6 is 11.3 Å². The quantitative estimate of drug-likeness (QED) is 0.911. The number of amides is 1. The monoisotopic (exact) mass is 303 g/mol. The number of H-pyrrole nitrogens is 1. The fraction of sp³-hybridized carbons (Fsp3) is 0.400. The third-order valence-corrected chi connectivity index (χ3v) is 4.87. The first-order valence-corrected chi connectivity index (χ1v) is 8.02. The van der Waals surface area contributed by atoms with Crippen LogP contribution in [0.2, 0.25) is 0 Å². The Labute approximate surface area is 126 Å². The van der Waals surface area contributed by atoms with Gasteiger partial charge in [0.15, 0.2) is 0 Å². The molecule has 1 atom stereocenters. The SMILES string of the molecule is O=C(NC(c1cccs1)C1CCCC1)c1ccc(=O)[nH]n1. The topological polar surface area (TPSA) is 74.8 Å². The van der Waals surface area contributed by atoms with Crippen molar-refractivity contribution in [1.29, 1.82) is 0 Å². The maximum absolute atomic E-state index is 12.3. The molecule has 2 aromatic heterocycles. The number of carbonyl (C=O) groups is 1. The lowest BCUT2D eigenvalue weighted by Crippen LogP contribution is -2.33. The first-order valence-electron chi connectivity index (χ1n) is 7.14. The molecule has 21 heavy (non-hydrogen) atoms. The summed E-state index contributed by atoms with van der Waals surface area (Å²) in [5, 5.41) is 11.2. The lowest BCUT2D eigenvalue weighted by atomic mass is 9.96. The van der Waals surface area contributed by atoms with Crippen LogP contribution in [0, 0.1) is 5.92 Å². The molecule has 0 saturated heterocycles. The summed E-state index contributed by atoms with van der Waals surface area (Å²) in [7, 11) is 0. The van der Waals surface area contributed by atoms with E-state index in [2.05, 4.69) is 21.6 Å². The van der Waals surface area contributed by atoms with Gasteiger partial charge >= 0.3 is 0 Å². The Balaban J connectivity index is 1.79. The number of aromatic nitrogens is 2. The van der Waals surface area contributed by atoms with Crippen LogP contribution in [-0.4, -0.2) is 16.1 Å². The van der Waals surface area contributed by atoms with Gasteiger partial charge in [0.1, 0.15) is 5.69 Å². The van der Waals surface area contributed by atoms with Crippen molar-refractivity contribution in [3.63, 3.8) is 0 Å². The van der Waals surface area contributed by atoms with Crippen molar-refractivity contribution in [3.8, 4) is 0 Å². The number of nitrogens with zero attached hydrogens (tertiary/aromatic N) is 1. The molecule has 1 aliphatic rings. The summed E-state index contributed by atoms with van der Waals surface area (Å²) in [4.78, 5) is 24.5. The summed E-state index contributed by atoms with van der Waals surface area (Å²) < 4.78 is 0. The van der Waals surface area contributed by atoms with Crippen LogP contribution in [0.3, 0.4) is 0 Å². The van der Waals surface area contributed by atoms with Crippen molar-refractivity contribution in [2.24, 2.45) is 5.92 Å². The van der Waals surface area contributed by atoms with E-state index < -0.39 is 0 Å². The van der Waals surface area contributed by atoms with E-state index in [0.717, 1.165) is 12.8 Å². The minimum Gasteiger partial charge on any atom is -0.343 e. The number of thiophene rings is 1. The maximum atomic E-state index is 12.3. The van der Waals surface area contributed by atoms with E-state index >= 15 is 0 Å². The second-order valence-corrected chi connectivity index (χ2v) is 6.30. The van der Waals surface area contributed by atoms with Gasteiger partial charge < -0.3 is 5.32 Å². The first-order chi connectivity index (χ1) is 10.2. The zero-order valence-electron chi connectivity index (χ0n) is 11.5. The molecule has 6 heteroatoms. The average Bonchev–Trinajstić information content (AvgIpc) is 3.19. The number of hydrogen-bond acceptors (Lipinski definition) is 4. The molecule has 1 amide bonds. The minimum absolute atomic E-state index is 0.0359. The van der Waals surface area contributed by atoms with Gasteiger partial charge in [-0.3, -0.25) is 9.59 Å². The van der Waals surface area contributed by atoms with E-state index in [0.29, 0.717) is 5.92 Å². The molecule has 2 aromatic rings. The summed E-state index contributed by atoms with van der Waals surface area (Å²) in [5.74, 6) is 0.243. The molecular formula is C15H17N3O2S. The molecule has 1 saturated carbocycles. The highest BCUT2D eigenvalue weighted by molar-refractivity contribution is 7.10. The molecule has 1 fully saturated rings. The number of nitrogens with one attached hydrogen (secondary N) is 2. The van der Waals surface area contributed by atoms with Crippen LogP contribution < -0.4 is 10.9 Å². The standard InChI is InChI=1S/C15H17N3O2S/c19-13-8-7-11(17-18-13)15(20)16-14(10-4-1-2-5-10)12-6-3-9-21-12/h3,6-10,14H,1-2,4-5H2,(H,16,20)(H,18,19). The summed E-state index contributed by atoms with van der Waals surface area (Å²) >= 11 is 1.66. The highest BCUT2D eigenvalue weighted by Gasteiger charge is 2.28. The fourth-order valence-corrected chi connectivity index (χ4v) is 3.74. The van der Waals surface area contributed by atoms with Crippen molar-refractivity contribution in [1.82, 2.24) is 15.5 Å². The molecule has 3 rings (SSSR count). The molecule has 110 valence electrons. The van der Waals surface area contributed by atoms with E-state index in [9.17, 15) is 9.59 Å². The highest BCUT2D eigenvalue weighted by Crippen LogP contribution is 2.37. The second kappa shape index (κ2) is 6.22. The van der Waals surface area contributed by atoms with Crippen LogP contribution in [0.5, 0.6) is 0 Å². The number of rotatable bonds is 4. The zero-order chi connectivity index (χ0) is 14.7. The van der Waals surface area contributed by atoms with E-state index in [1.807, 2.05) is 11.4 Å². The first kappa shape index (κ1) is 14.0. The summed E-state index contributed by atoms with van der Waals surface area (Å²) in [6.07, 6.45) is 4.72. The lowest BCUT2D eigenvalue weighted by Gasteiger charge is -2.23. The number of aromatic amines is 1. The molecule has 1 aliphatic carbocycles. The number of carbonyl (C=O) groups excluding carboxylic acids is 1. The third kappa shape index (κ3) is 3.21. The third-order valence-electron chi connectivity index (χ3n) is 3.92. The van der Waals surface area contributed by atoms with Gasteiger partial charge in [-0.15, -0.1) is 11.3 Å². The summed E-state index contributed by atoms with van der Waals surface area (Å²) in [5.41, 5.74) is -0.0636. The average molecular weight is 303 g/mol.